The van der Waals surface area contributed by atoms with Crippen molar-refractivity contribution in [1.82, 2.24) is 19.8 Å². The molecule has 0 atom stereocenters. The molecule has 7 heteroatoms. The fourth-order valence-corrected chi connectivity index (χ4v) is 2.73. The van der Waals surface area contributed by atoms with Crippen LogP contribution in [-0.4, -0.2) is 40.6 Å². The highest BCUT2D eigenvalue weighted by atomic mass is 32.1. The van der Waals surface area contributed by atoms with Crippen molar-refractivity contribution in [2.24, 2.45) is 0 Å². The number of hydrogen-bond acceptors (Lipinski definition) is 6. The lowest BCUT2D eigenvalue weighted by Gasteiger charge is -1.98. The van der Waals surface area contributed by atoms with Crippen LogP contribution in [0.5, 0.6) is 5.75 Å². The Kier molecular flexibility index (Phi) is 4.45. The van der Waals surface area contributed by atoms with Crippen LogP contribution in [0.2, 0.25) is 0 Å². The van der Waals surface area contributed by atoms with Crippen LogP contribution in [0.15, 0.2) is 24.3 Å². The van der Waals surface area contributed by atoms with Crippen molar-refractivity contribution in [3.63, 3.8) is 0 Å². The molecule has 22 heavy (non-hydrogen) atoms. The van der Waals surface area contributed by atoms with E-state index in [1.165, 1.54) is 11.3 Å². The maximum Gasteiger partial charge on any atom is 0.234 e. The van der Waals surface area contributed by atoms with Crippen LogP contribution in [0.4, 0.5) is 0 Å². The predicted molar refractivity (Wildman–Crippen MR) is 86.2 cm³/mol. The number of hydrogen-bond donors (Lipinski definition) is 0. The van der Waals surface area contributed by atoms with Crippen LogP contribution in [0.3, 0.4) is 0 Å². The molecule has 2 aromatic heterocycles. The molecule has 0 unspecified atom stereocenters. The Morgan fingerprint density at radius 1 is 1.14 bits per heavy atom. The molecular formula is C15H16N4O2S. The third kappa shape index (κ3) is 3.15. The lowest BCUT2D eigenvalue weighted by atomic mass is 10.2. The van der Waals surface area contributed by atoms with Crippen LogP contribution in [0, 0.1) is 0 Å². The maximum absolute atomic E-state index is 5.14. The molecule has 3 aromatic rings. The van der Waals surface area contributed by atoms with Gasteiger partial charge in [-0.05, 0) is 23.8 Å². The van der Waals surface area contributed by atoms with Crippen LogP contribution in [0.1, 0.15) is 16.4 Å². The zero-order valence-corrected chi connectivity index (χ0v) is 13.2. The van der Waals surface area contributed by atoms with E-state index in [0.29, 0.717) is 13.0 Å². The molecular weight excluding hydrogens is 300 g/mol. The third-order valence-electron chi connectivity index (χ3n) is 3.14. The molecule has 0 aliphatic carbocycles. The molecule has 1 aromatic carbocycles. The van der Waals surface area contributed by atoms with Crippen LogP contribution < -0.4 is 4.74 Å². The summed E-state index contributed by atoms with van der Waals surface area (Å²) < 4.78 is 12.0. The van der Waals surface area contributed by atoms with Gasteiger partial charge in [-0.3, -0.25) is 0 Å². The van der Waals surface area contributed by atoms with E-state index in [4.69, 9.17) is 9.47 Å². The number of fused-ring (bicyclic) bond motifs is 1. The first-order valence-corrected chi connectivity index (χ1v) is 7.64. The van der Waals surface area contributed by atoms with Crippen molar-refractivity contribution in [2.45, 2.75) is 6.42 Å². The van der Waals surface area contributed by atoms with E-state index in [9.17, 15) is 0 Å². The van der Waals surface area contributed by atoms with Gasteiger partial charge in [0.1, 0.15) is 10.8 Å². The normalized spacial score (nSPS) is 11.5. The summed E-state index contributed by atoms with van der Waals surface area (Å²) in [5.41, 5.74) is 1.09. The number of nitrogens with zero attached hydrogens (tertiary/aromatic N) is 4. The van der Waals surface area contributed by atoms with Gasteiger partial charge in [-0.25, -0.2) is 0 Å². The van der Waals surface area contributed by atoms with Gasteiger partial charge in [0.25, 0.3) is 0 Å². The minimum absolute atomic E-state index is 0.606. The molecule has 2 heterocycles. The summed E-state index contributed by atoms with van der Waals surface area (Å²) in [5.74, 6) is 1.66. The molecule has 0 saturated carbocycles. The summed E-state index contributed by atoms with van der Waals surface area (Å²) in [6, 6.07) is 7.86. The van der Waals surface area contributed by atoms with Crippen LogP contribution in [-0.2, 0) is 11.2 Å². The molecule has 0 amide bonds. The second kappa shape index (κ2) is 6.67. The zero-order chi connectivity index (χ0) is 15.4. The third-order valence-corrected chi connectivity index (χ3v) is 4.00. The fourth-order valence-electron chi connectivity index (χ4n) is 1.97. The Morgan fingerprint density at radius 2 is 1.95 bits per heavy atom. The maximum atomic E-state index is 5.14. The van der Waals surface area contributed by atoms with Crippen LogP contribution >= 0.6 is 11.3 Å². The molecule has 0 fully saturated rings. The van der Waals surface area contributed by atoms with Gasteiger partial charge in [-0.2, -0.15) is 9.61 Å². The first kappa shape index (κ1) is 14.7. The Bertz CT molecular complexity index is 777. The molecule has 0 saturated heterocycles. The molecule has 0 radical (unpaired) electrons. The molecule has 114 valence electrons. The summed E-state index contributed by atoms with van der Waals surface area (Å²) in [6.45, 7) is 0.606. The van der Waals surface area contributed by atoms with E-state index in [0.717, 1.165) is 27.1 Å². The average molecular weight is 316 g/mol. The largest absolute Gasteiger partial charge is 0.497 e. The second-order valence-electron chi connectivity index (χ2n) is 4.60. The molecule has 3 rings (SSSR count). The van der Waals surface area contributed by atoms with E-state index in [1.807, 2.05) is 36.4 Å². The number of benzene rings is 1. The Labute approximate surface area is 132 Å². The van der Waals surface area contributed by atoms with E-state index < -0.39 is 0 Å². The van der Waals surface area contributed by atoms with E-state index in [1.54, 1.807) is 18.7 Å². The first-order valence-electron chi connectivity index (χ1n) is 6.82. The molecule has 0 aliphatic rings. The van der Waals surface area contributed by atoms with E-state index in [2.05, 4.69) is 15.3 Å². The summed E-state index contributed by atoms with van der Waals surface area (Å²) in [5, 5.41) is 13.7. The fraction of sp³-hybridized carbons (Fsp3) is 0.267. The summed E-state index contributed by atoms with van der Waals surface area (Å²) >= 11 is 1.50. The predicted octanol–water partition coefficient (Wildman–Crippen LogP) is 2.55. The summed E-state index contributed by atoms with van der Waals surface area (Å²) in [7, 11) is 3.33. The van der Waals surface area contributed by atoms with E-state index in [-0.39, 0.29) is 0 Å². The van der Waals surface area contributed by atoms with Crippen molar-refractivity contribution >= 4 is 28.4 Å². The monoisotopic (exact) mass is 316 g/mol. The minimum Gasteiger partial charge on any atom is -0.497 e. The van der Waals surface area contributed by atoms with Crippen molar-refractivity contribution in [2.75, 3.05) is 20.8 Å². The molecule has 0 bridgehead atoms. The molecule has 0 aliphatic heterocycles. The molecule has 6 nitrogen and oxygen atoms in total. The van der Waals surface area contributed by atoms with Gasteiger partial charge in [0, 0.05) is 13.5 Å². The molecule has 0 spiro atoms. The Balaban J connectivity index is 1.78. The SMILES string of the molecule is COCCc1nnc2sc(C=Cc3ccc(OC)cc3)nn12. The van der Waals surface area contributed by atoms with Gasteiger partial charge in [-0.15, -0.1) is 10.2 Å². The van der Waals surface area contributed by atoms with Crippen molar-refractivity contribution in [1.29, 1.82) is 0 Å². The highest BCUT2D eigenvalue weighted by molar-refractivity contribution is 7.17. The number of aromatic nitrogens is 4. The smallest absolute Gasteiger partial charge is 0.234 e. The molecule has 0 N–H and O–H groups in total. The first-order chi connectivity index (χ1) is 10.8. The zero-order valence-electron chi connectivity index (χ0n) is 12.4. The average Bonchev–Trinajstić information content (AvgIpc) is 3.12. The Morgan fingerprint density at radius 3 is 2.68 bits per heavy atom. The van der Waals surface area contributed by atoms with Gasteiger partial charge in [-0.1, -0.05) is 29.5 Å². The topological polar surface area (TPSA) is 61.5 Å². The standard InChI is InChI=1S/C15H16N4O2S/c1-20-10-9-13-16-17-15-19(13)18-14(22-15)8-5-11-3-6-12(21-2)7-4-11/h3-8H,9-10H2,1-2H3. The second-order valence-corrected chi connectivity index (χ2v) is 5.59. The van der Waals surface area contributed by atoms with Gasteiger partial charge >= 0.3 is 0 Å². The highest BCUT2D eigenvalue weighted by Crippen LogP contribution is 2.18. The lowest BCUT2D eigenvalue weighted by molar-refractivity contribution is 0.200. The van der Waals surface area contributed by atoms with Crippen molar-refractivity contribution in [3.8, 4) is 5.75 Å². The van der Waals surface area contributed by atoms with Gasteiger partial charge in [0.2, 0.25) is 4.96 Å². The minimum atomic E-state index is 0.606. The highest BCUT2D eigenvalue weighted by Gasteiger charge is 2.09. The summed E-state index contributed by atoms with van der Waals surface area (Å²) in [4.78, 5) is 0.792. The van der Waals surface area contributed by atoms with Gasteiger partial charge in [0.05, 0.1) is 13.7 Å². The lowest BCUT2D eigenvalue weighted by Crippen LogP contribution is -2.01. The van der Waals surface area contributed by atoms with Gasteiger partial charge < -0.3 is 9.47 Å². The number of ether oxygens (including phenoxy) is 2. The number of methoxy groups -OCH3 is 2. The van der Waals surface area contributed by atoms with Gasteiger partial charge in [0.15, 0.2) is 5.82 Å². The Hall–Kier alpha value is -2.25. The van der Waals surface area contributed by atoms with Crippen LogP contribution in [0.25, 0.3) is 17.1 Å². The van der Waals surface area contributed by atoms with E-state index >= 15 is 0 Å². The number of rotatable bonds is 6. The quantitative estimate of drug-likeness (QED) is 0.699. The van der Waals surface area contributed by atoms with Crippen molar-refractivity contribution < 1.29 is 9.47 Å². The van der Waals surface area contributed by atoms with Crippen molar-refractivity contribution in [3.05, 3.63) is 40.7 Å². The summed E-state index contributed by atoms with van der Waals surface area (Å²) in [6.07, 6.45) is 4.68.